The molecule has 1 aliphatic carbocycles. The van der Waals surface area contributed by atoms with Crippen LogP contribution in [0.4, 0.5) is 0 Å². The van der Waals surface area contributed by atoms with Crippen LogP contribution < -0.4 is 0 Å². The Morgan fingerprint density at radius 1 is 1.41 bits per heavy atom. The molecule has 1 unspecified atom stereocenters. The molecule has 6 heteroatoms. The molecule has 6 nitrogen and oxygen atoms in total. The summed E-state index contributed by atoms with van der Waals surface area (Å²) in [6, 6.07) is 0. The number of ether oxygens (including phenoxy) is 1. The highest BCUT2D eigenvalue weighted by Gasteiger charge is 2.30. The molecule has 0 aliphatic heterocycles. The molecule has 1 N–H and O–H groups in total. The normalized spacial score (nSPS) is 22.9. The molecule has 2 rings (SSSR count). The summed E-state index contributed by atoms with van der Waals surface area (Å²) in [4.78, 5) is 11.0. The maximum Gasteiger partial charge on any atom is 0.152 e. The highest BCUT2D eigenvalue weighted by atomic mass is 16.5. The minimum absolute atomic E-state index is 0.0265. The molecule has 0 saturated carbocycles. The van der Waals surface area contributed by atoms with Gasteiger partial charge in [0.15, 0.2) is 6.23 Å². The van der Waals surface area contributed by atoms with Crippen LogP contribution in [-0.2, 0) is 11.8 Å². The van der Waals surface area contributed by atoms with Crippen molar-refractivity contribution in [3.8, 4) is 0 Å². The molecular weight excluding hydrogens is 460 g/mol. The Balaban J connectivity index is 2.03. The fourth-order valence-corrected chi connectivity index (χ4v) is 5.03. The molecule has 0 aromatic carbocycles. The molecular formula is C31H52N4O2. The predicted molar refractivity (Wildman–Crippen MR) is 156 cm³/mol. The van der Waals surface area contributed by atoms with Crippen molar-refractivity contribution in [2.45, 2.75) is 105 Å². The van der Waals surface area contributed by atoms with E-state index in [1.54, 1.807) is 0 Å². The van der Waals surface area contributed by atoms with E-state index in [1.165, 1.54) is 5.57 Å². The topological polar surface area (TPSA) is 62.9 Å². The number of aromatic nitrogens is 2. The summed E-state index contributed by atoms with van der Waals surface area (Å²) in [5, 5.41) is 11.1. The molecule has 0 fully saturated rings. The number of hydrogen-bond acceptors (Lipinski definition) is 5. The van der Waals surface area contributed by atoms with Crippen molar-refractivity contribution >= 4 is 6.72 Å². The third-order valence-electron chi connectivity index (χ3n) is 7.62. The van der Waals surface area contributed by atoms with Crippen LogP contribution in [0.2, 0.25) is 0 Å². The van der Waals surface area contributed by atoms with E-state index in [0.29, 0.717) is 18.2 Å². The van der Waals surface area contributed by atoms with Crippen LogP contribution >= 0.6 is 0 Å². The Bertz CT molecular complexity index is 945. The van der Waals surface area contributed by atoms with Crippen molar-refractivity contribution in [1.29, 1.82) is 0 Å². The summed E-state index contributed by atoms with van der Waals surface area (Å²) in [6.45, 7) is 19.6. The fraction of sp³-hybridized carbons (Fsp3) is 0.677. The quantitative estimate of drug-likeness (QED) is 0.258. The van der Waals surface area contributed by atoms with Crippen LogP contribution in [0.15, 0.2) is 46.8 Å². The molecule has 0 saturated heterocycles. The Labute approximate surface area is 226 Å². The number of aliphatic imine (C=N–C) groups is 1. The molecule has 1 aliphatic rings. The van der Waals surface area contributed by atoms with E-state index in [1.807, 2.05) is 31.8 Å². The van der Waals surface area contributed by atoms with Gasteiger partial charge in [-0.2, -0.15) is 0 Å². The predicted octanol–water partition coefficient (Wildman–Crippen LogP) is 6.92. The second-order valence-electron chi connectivity index (χ2n) is 12.3. The zero-order valence-electron chi connectivity index (χ0n) is 24.9. The lowest BCUT2D eigenvalue weighted by Gasteiger charge is -2.38. The average molecular weight is 513 g/mol. The van der Waals surface area contributed by atoms with E-state index >= 15 is 0 Å². The number of aryl methyl sites for hydroxylation is 2. The minimum Gasteiger partial charge on any atom is -0.381 e. The number of allylic oxidation sites excluding steroid dienone is 4. The Morgan fingerprint density at radius 3 is 2.68 bits per heavy atom. The zero-order valence-corrected chi connectivity index (χ0v) is 24.9. The summed E-state index contributed by atoms with van der Waals surface area (Å²) in [5.74, 6) is 1.38. The lowest BCUT2D eigenvalue weighted by atomic mass is 9.83. The minimum atomic E-state index is -0.769. The maximum atomic E-state index is 11.1. The largest absolute Gasteiger partial charge is 0.381 e. The molecule has 0 radical (unpaired) electrons. The highest BCUT2D eigenvalue weighted by molar-refractivity contribution is 5.29. The molecule has 0 spiro atoms. The zero-order chi connectivity index (χ0) is 27.8. The summed E-state index contributed by atoms with van der Waals surface area (Å²) in [5.41, 5.74) is 2.87. The van der Waals surface area contributed by atoms with Gasteiger partial charge in [0, 0.05) is 50.0 Å². The molecule has 3 atom stereocenters. The van der Waals surface area contributed by atoms with Gasteiger partial charge < -0.3 is 14.4 Å². The van der Waals surface area contributed by atoms with Crippen LogP contribution in [0.1, 0.15) is 97.8 Å². The van der Waals surface area contributed by atoms with Gasteiger partial charge in [-0.25, -0.2) is 4.98 Å². The summed E-state index contributed by atoms with van der Waals surface area (Å²) in [6.07, 6.45) is 16.7. The van der Waals surface area contributed by atoms with Gasteiger partial charge in [0.05, 0.1) is 6.10 Å². The van der Waals surface area contributed by atoms with E-state index in [4.69, 9.17) is 4.74 Å². The molecule has 1 aromatic rings. The van der Waals surface area contributed by atoms with Gasteiger partial charge in [-0.3, -0.25) is 9.89 Å². The van der Waals surface area contributed by atoms with Crippen LogP contribution in [0, 0.1) is 18.3 Å². The first-order valence-corrected chi connectivity index (χ1v) is 13.8. The van der Waals surface area contributed by atoms with Gasteiger partial charge in [-0.05, 0) is 72.4 Å². The standard InChI is InChI=1S/C31H52N4O2/c1-23(21-25-13-11-12-14-28(37-10)31(6,7)19-17-25)15-16-26(32-8)18-20-35(30(3,4)5)29(36)27-22-34(9)24(2)33-27/h13,16-17,19,22-23,28-29,36H,8,11-12,14-15,18,20-21H2,1-7,9-10H3/b19-17-,25-13-,26-16-/t23-,28+,29?/m1/s1. The van der Waals surface area contributed by atoms with Crippen LogP contribution in [-0.4, -0.2) is 51.6 Å². The lowest BCUT2D eigenvalue weighted by molar-refractivity contribution is -0.0551. The smallest absolute Gasteiger partial charge is 0.152 e. The monoisotopic (exact) mass is 512 g/mol. The summed E-state index contributed by atoms with van der Waals surface area (Å²) in [7, 11) is 3.78. The second-order valence-corrected chi connectivity index (χ2v) is 12.3. The third kappa shape index (κ3) is 9.35. The van der Waals surface area contributed by atoms with Crippen LogP contribution in [0.25, 0.3) is 0 Å². The first kappa shape index (κ1) is 31.2. The number of aliphatic hydroxyl groups excluding tert-OH is 1. The number of aliphatic hydroxyl groups is 1. The van der Waals surface area contributed by atoms with Crippen molar-refractivity contribution in [2.75, 3.05) is 13.7 Å². The van der Waals surface area contributed by atoms with E-state index < -0.39 is 6.23 Å². The van der Waals surface area contributed by atoms with Gasteiger partial charge in [0.1, 0.15) is 11.5 Å². The lowest BCUT2D eigenvalue weighted by Crippen LogP contribution is -2.44. The third-order valence-corrected chi connectivity index (χ3v) is 7.62. The molecule has 0 bridgehead atoms. The second kappa shape index (κ2) is 13.7. The number of hydrogen-bond donors (Lipinski definition) is 1. The first-order valence-electron chi connectivity index (χ1n) is 13.8. The maximum absolute atomic E-state index is 11.1. The van der Waals surface area contributed by atoms with Gasteiger partial charge in [0.2, 0.25) is 0 Å². The highest BCUT2D eigenvalue weighted by Crippen LogP contribution is 2.32. The van der Waals surface area contributed by atoms with Gasteiger partial charge in [-0.15, -0.1) is 0 Å². The SMILES string of the molecule is C=N/C(=C\C[C@@H](C)CC1=C\CCC[C@H](OC)C(C)(C)/C=C\1)CCN(C(O)c1cn(C)c(C)n1)C(C)(C)C. The molecule has 1 heterocycles. The van der Waals surface area contributed by atoms with Crippen LogP contribution in [0.5, 0.6) is 0 Å². The Hall–Kier alpha value is -2.02. The Kier molecular flexibility index (Phi) is 11.5. The first-order chi connectivity index (χ1) is 17.3. The fourth-order valence-electron chi connectivity index (χ4n) is 5.03. The van der Waals surface area contributed by atoms with E-state index in [0.717, 1.165) is 50.0 Å². The van der Waals surface area contributed by atoms with Gasteiger partial charge in [-0.1, -0.05) is 50.6 Å². The van der Waals surface area contributed by atoms with Gasteiger partial charge in [0.25, 0.3) is 0 Å². The summed E-state index contributed by atoms with van der Waals surface area (Å²) >= 11 is 0. The number of rotatable bonds is 11. The number of methoxy groups -OCH3 is 1. The van der Waals surface area contributed by atoms with E-state index in [2.05, 4.69) is 87.4 Å². The summed E-state index contributed by atoms with van der Waals surface area (Å²) < 4.78 is 7.72. The van der Waals surface area contributed by atoms with Crippen LogP contribution in [0.3, 0.4) is 0 Å². The van der Waals surface area contributed by atoms with Crippen molar-refractivity contribution < 1.29 is 9.84 Å². The Morgan fingerprint density at radius 2 is 2.11 bits per heavy atom. The molecule has 208 valence electrons. The van der Waals surface area contributed by atoms with Gasteiger partial charge >= 0.3 is 0 Å². The van der Waals surface area contributed by atoms with Crippen molar-refractivity contribution in [3.05, 3.63) is 53.3 Å². The average Bonchev–Trinajstić information content (AvgIpc) is 3.18. The van der Waals surface area contributed by atoms with Crippen molar-refractivity contribution in [2.24, 2.45) is 23.4 Å². The molecule has 37 heavy (non-hydrogen) atoms. The number of nitrogens with zero attached hydrogens (tertiary/aromatic N) is 4. The van der Waals surface area contributed by atoms with Crippen molar-refractivity contribution in [1.82, 2.24) is 14.5 Å². The van der Waals surface area contributed by atoms with E-state index in [-0.39, 0.29) is 17.1 Å². The molecule has 1 aromatic heterocycles. The molecule has 0 amide bonds. The van der Waals surface area contributed by atoms with Crippen molar-refractivity contribution in [3.63, 3.8) is 0 Å². The number of imidazole rings is 1. The van der Waals surface area contributed by atoms with E-state index in [9.17, 15) is 5.11 Å².